The van der Waals surface area contributed by atoms with E-state index in [0.29, 0.717) is 17.7 Å². The van der Waals surface area contributed by atoms with Crippen molar-refractivity contribution in [2.45, 2.75) is 0 Å². The minimum atomic E-state index is -0.526. The normalized spacial score (nSPS) is 10.6. The van der Waals surface area contributed by atoms with Gasteiger partial charge in [-0.25, -0.2) is 9.07 Å². The van der Waals surface area contributed by atoms with Crippen LogP contribution < -0.4 is 0 Å². The minimum absolute atomic E-state index is 0.0312. The quantitative estimate of drug-likeness (QED) is 0.698. The van der Waals surface area contributed by atoms with E-state index in [1.807, 2.05) is 0 Å². The zero-order valence-corrected chi connectivity index (χ0v) is 11.3. The van der Waals surface area contributed by atoms with Crippen LogP contribution in [-0.2, 0) is 0 Å². The highest BCUT2D eigenvalue weighted by molar-refractivity contribution is 6.30. The Morgan fingerprint density at radius 3 is 2.62 bits per heavy atom. The summed E-state index contributed by atoms with van der Waals surface area (Å²) in [5.41, 5.74) is 1.91. The number of aromatic nitrogens is 4. The number of halogens is 2. The van der Waals surface area contributed by atoms with Crippen molar-refractivity contribution in [2.75, 3.05) is 0 Å². The summed E-state index contributed by atoms with van der Waals surface area (Å²) in [5.74, 6) is -0.526. The maximum Gasteiger partial charge on any atom is 0.172 e. The number of rotatable bonds is 3. The third kappa shape index (κ3) is 2.41. The molecule has 2 heterocycles. The molecule has 3 rings (SSSR count). The second-order valence-electron chi connectivity index (χ2n) is 4.19. The van der Waals surface area contributed by atoms with Crippen molar-refractivity contribution in [1.82, 2.24) is 20.0 Å². The molecule has 104 valence electrons. The summed E-state index contributed by atoms with van der Waals surface area (Å²) in [6.45, 7) is 0. The van der Waals surface area contributed by atoms with Gasteiger partial charge in [0.05, 0.1) is 10.7 Å². The van der Waals surface area contributed by atoms with Gasteiger partial charge in [-0.15, -0.1) is 5.10 Å². The maximum atomic E-state index is 13.3. The average Bonchev–Trinajstić information content (AvgIpc) is 2.95. The first-order chi connectivity index (χ1) is 10.2. The van der Waals surface area contributed by atoms with Crippen LogP contribution in [-0.4, -0.2) is 26.3 Å². The number of nitrogens with zero attached hydrogens (tertiary/aromatic N) is 4. The van der Waals surface area contributed by atoms with Crippen LogP contribution in [0.4, 0.5) is 4.39 Å². The average molecular weight is 303 g/mol. The van der Waals surface area contributed by atoms with E-state index in [0.717, 1.165) is 5.56 Å². The number of carbonyl (C=O) groups excluding carboxylic acids is 1. The summed E-state index contributed by atoms with van der Waals surface area (Å²) in [4.78, 5) is 15.1. The molecule has 0 bridgehead atoms. The van der Waals surface area contributed by atoms with Gasteiger partial charge in [0.1, 0.15) is 11.5 Å². The molecule has 2 aromatic heterocycles. The van der Waals surface area contributed by atoms with Crippen LogP contribution in [0.2, 0.25) is 5.02 Å². The molecule has 0 spiro atoms. The van der Waals surface area contributed by atoms with E-state index >= 15 is 0 Å². The predicted octanol–water partition coefficient (Wildman–Crippen LogP) is 2.93. The van der Waals surface area contributed by atoms with E-state index in [-0.39, 0.29) is 10.7 Å². The zero-order valence-electron chi connectivity index (χ0n) is 10.6. The fraction of sp³-hybridized carbons (Fsp3) is 0. The summed E-state index contributed by atoms with van der Waals surface area (Å²) >= 11 is 5.79. The first kappa shape index (κ1) is 13.4. The fourth-order valence-electron chi connectivity index (χ4n) is 1.95. The highest BCUT2D eigenvalue weighted by Crippen LogP contribution is 2.26. The van der Waals surface area contributed by atoms with Crippen molar-refractivity contribution < 1.29 is 9.18 Å². The lowest BCUT2D eigenvalue weighted by Gasteiger charge is -2.07. The molecule has 0 unspecified atom stereocenters. The standard InChI is InChI=1S/C14H8ClFN4O/c15-11-7-10(1-2-12(11)16)20-14(13(8-21)18-19-20)9-3-5-17-6-4-9/h1-8H. The summed E-state index contributed by atoms with van der Waals surface area (Å²) in [6.07, 6.45) is 3.81. The SMILES string of the molecule is O=Cc1nnn(-c2ccc(F)c(Cl)c2)c1-c1ccncc1. The van der Waals surface area contributed by atoms with Gasteiger partial charge in [0.2, 0.25) is 0 Å². The Kier molecular flexibility index (Phi) is 3.45. The Morgan fingerprint density at radius 2 is 1.95 bits per heavy atom. The van der Waals surface area contributed by atoms with Crippen LogP contribution in [0.1, 0.15) is 10.5 Å². The van der Waals surface area contributed by atoms with Crippen molar-refractivity contribution in [3.8, 4) is 16.9 Å². The molecule has 0 aliphatic carbocycles. The van der Waals surface area contributed by atoms with Crippen molar-refractivity contribution >= 4 is 17.9 Å². The largest absolute Gasteiger partial charge is 0.296 e. The van der Waals surface area contributed by atoms with Crippen LogP contribution in [0.5, 0.6) is 0 Å². The Hall–Kier alpha value is -2.60. The molecule has 0 saturated carbocycles. The Bertz CT molecular complexity index is 804. The monoisotopic (exact) mass is 302 g/mol. The van der Waals surface area contributed by atoms with E-state index in [4.69, 9.17) is 11.6 Å². The summed E-state index contributed by atoms with van der Waals surface area (Å²) in [7, 11) is 0. The van der Waals surface area contributed by atoms with Crippen molar-refractivity contribution in [3.63, 3.8) is 0 Å². The van der Waals surface area contributed by atoms with Crippen molar-refractivity contribution in [1.29, 1.82) is 0 Å². The van der Waals surface area contributed by atoms with Gasteiger partial charge in [0, 0.05) is 18.0 Å². The van der Waals surface area contributed by atoms with Gasteiger partial charge in [-0.1, -0.05) is 16.8 Å². The Morgan fingerprint density at radius 1 is 1.19 bits per heavy atom. The molecule has 0 fully saturated rings. The highest BCUT2D eigenvalue weighted by Gasteiger charge is 2.16. The van der Waals surface area contributed by atoms with Gasteiger partial charge in [-0.3, -0.25) is 9.78 Å². The highest BCUT2D eigenvalue weighted by atomic mass is 35.5. The Labute approximate surface area is 124 Å². The lowest BCUT2D eigenvalue weighted by atomic mass is 10.1. The van der Waals surface area contributed by atoms with Crippen molar-refractivity contribution in [3.05, 3.63) is 59.3 Å². The van der Waals surface area contributed by atoms with E-state index < -0.39 is 5.82 Å². The second-order valence-corrected chi connectivity index (χ2v) is 4.59. The second kappa shape index (κ2) is 5.41. The third-order valence-corrected chi connectivity index (χ3v) is 3.20. The number of carbonyl (C=O) groups is 1. The van der Waals surface area contributed by atoms with Crippen LogP contribution in [0, 0.1) is 5.82 Å². The van der Waals surface area contributed by atoms with Gasteiger partial charge in [0.15, 0.2) is 12.0 Å². The molecule has 3 aromatic rings. The smallest absolute Gasteiger partial charge is 0.172 e. The molecule has 0 amide bonds. The number of benzene rings is 1. The van der Waals surface area contributed by atoms with Crippen LogP contribution >= 0.6 is 11.6 Å². The molecule has 0 aliphatic heterocycles. The molecule has 0 N–H and O–H groups in total. The van der Waals surface area contributed by atoms with E-state index in [1.165, 1.54) is 22.9 Å². The van der Waals surface area contributed by atoms with Gasteiger partial charge in [-0.2, -0.15) is 0 Å². The van der Waals surface area contributed by atoms with Crippen molar-refractivity contribution in [2.24, 2.45) is 0 Å². The molecule has 7 heteroatoms. The van der Waals surface area contributed by atoms with Gasteiger partial charge >= 0.3 is 0 Å². The topological polar surface area (TPSA) is 60.7 Å². The first-order valence-corrected chi connectivity index (χ1v) is 6.35. The molecule has 0 radical (unpaired) electrons. The molecule has 1 aromatic carbocycles. The lowest BCUT2D eigenvalue weighted by molar-refractivity contribution is 0.111. The van der Waals surface area contributed by atoms with Gasteiger partial charge < -0.3 is 0 Å². The van der Waals surface area contributed by atoms with Crippen LogP contribution in [0.25, 0.3) is 16.9 Å². The maximum absolute atomic E-state index is 13.3. The predicted molar refractivity (Wildman–Crippen MR) is 74.9 cm³/mol. The van der Waals surface area contributed by atoms with Gasteiger partial charge in [-0.05, 0) is 30.3 Å². The molecular formula is C14H8ClFN4O. The Balaban J connectivity index is 2.22. The number of aldehydes is 1. The first-order valence-electron chi connectivity index (χ1n) is 5.97. The third-order valence-electron chi connectivity index (χ3n) is 2.91. The number of hydrogen-bond acceptors (Lipinski definition) is 4. The molecule has 0 aliphatic rings. The molecule has 0 atom stereocenters. The molecule has 5 nitrogen and oxygen atoms in total. The van der Waals surface area contributed by atoms with E-state index in [1.54, 1.807) is 24.5 Å². The summed E-state index contributed by atoms with van der Waals surface area (Å²) in [5, 5.41) is 7.73. The van der Waals surface area contributed by atoms with E-state index in [9.17, 15) is 9.18 Å². The van der Waals surface area contributed by atoms with Crippen LogP contribution in [0.15, 0.2) is 42.7 Å². The molecular weight excluding hydrogens is 295 g/mol. The summed E-state index contributed by atoms with van der Waals surface area (Å²) in [6, 6.07) is 7.62. The fourth-order valence-corrected chi connectivity index (χ4v) is 2.13. The zero-order chi connectivity index (χ0) is 14.8. The lowest BCUT2D eigenvalue weighted by Crippen LogP contribution is -2.00. The van der Waals surface area contributed by atoms with E-state index in [2.05, 4.69) is 15.3 Å². The summed E-state index contributed by atoms with van der Waals surface area (Å²) < 4.78 is 14.7. The minimum Gasteiger partial charge on any atom is -0.296 e. The number of hydrogen-bond donors (Lipinski definition) is 0. The molecule has 0 saturated heterocycles. The van der Waals surface area contributed by atoms with Crippen LogP contribution in [0.3, 0.4) is 0 Å². The van der Waals surface area contributed by atoms with Gasteiger partial charge in [0.25, 0.3) is 0 Å². The molecule has 21 heavy (non-hydrogen) atoms. The number of pyridine rings is 1.